The molecule has 0 spiro atoms. The molecule has 2 rings (SSSR count). The van der Waals surface area contributed by atoms with E-state index in [1.165, 1.54) is 0 Å². The van der Waals surface area contributed by atoms with Crippen LogP contribution in [0.5, 0.6) is 11.5 Å². The topological polar surface area (TPSA) is 50.7 Å². The van der Waals surface area contributed by atoms with Crippen LogP contribution in [0.4, 0.5) is 0 Å². The van der Waals surface area contributed by atoms with Gasteiger partial charge in [0.05, 0.1) is 6.10 Å². The molecule has 4 heteroatoms. The molecule has 1 aliphatic rings. The molecule has 2 N–H and O–H groups in total. The van der Waals surface area contributed by atoms with Gasteiger partial charge in [0.1, 0.15) is 13.2 Å². The van der Waals surface area contributed by atoms with Gasteiger partial charge in [0.2, 0.25) is 0 Å². The zero-order valence-electron chi connectivity index (χ0n) is 13.5. The Morgan fingerprint density at radius 2 is 2.00 bits per heavy atom. The van der Waals surface area contributed by atoms with E-state index in [0.717, 1.165) is 29.9 Å². The summed E-state index contributed by atoms with van der Waals surface area (Å²) < 4.78 is 11.2. The standard InChI is InChI=1S/C18H27NO3/c1-4-5-6-15(20)12-19-18(13(2)3)14-7-8-16-17(11-14)22-10-9-21-16/h4,7-8,11,13,15,18-20H,1,5-6,9-10,12H2,2-3H3. The number of allylic oxidation sites excluding steroid dienone is 1. The van der Waals surface area contributed by atoms with Crippen LogP contribution in [-0.2, 0) is 0 Å². The molecule has 122 valence electrons. The number of ether oxygens (including phenoxy) is 2. The van der Waals surface area contributed by atoms with Crippen molar-refractivity contribution >= 4 is 0 Å². The summed E-state index contributed by atoms with van der Waals surface area (Å²) >= 11 is 0. The first-order chi connectivity index (χ1) is 10.6. The largest absolute Gasteiger partial charge is 0.486 e. The summed E-state index contributed by atoms with van der Waals surface area (Å²) in [5.74, 6) is 2.03. The minimum atomic E-state index is -0.350. The lowest BCUT2D eigenvalue weighted by molar-refractivity contribution is 0.154. The Morgan fingerprint density at radius 1 is 1.27 bits per heavy atom. The smallest absolute Gasteiger partial charge is 0.161 e. The summed E-state index contributed by atoms with van der Waals surface area (Å²) in [4.78, 5) is 0. The first-order valence-electron chi connectivity index (χ1n) is 8.03. The second-order valence-electron chi connectivity index (χ2n) is 6.05. The van der Waals surface area contributed by atoms with E-state index in [9.17, 15) is 5.11 Å². The van der Waals surface area contributed by atoms with Gasteiger partial charge in [0.15, 0.2) is 11.5 Å². The minimum Gasteiger partial charge on any atom is -0.486 e. The summed E-state index contributed by atoms with van der Waals surface area (Å²) in [5.41, 5.74) is 1.16. The SMILES string of the molecule is C=CCCC(O)CNC(c1ccc2c(c1)OCCO2)C(C)C. The molecule has 0 saturated carbocycles. The Labute approximate surface area is 133 Å². The van der Waals surface area contributed by atoms with Crippen molar-refractivity contribution in [3.8, 4) is 11.5 Å². The predicted octanol–water partition coefficient (Wildman–Crippen LogP) is 3.07. The molecule has 1 aromatic rings. The van der Waals surface area contributed by atoms with E-state index >= 15 is 0 Å². The van der Waals surface area contributed by atoms with Crippen molar-refractivity contribution in [3.63, 3.8) is 0 Å². The lowest BCUT2D eigenvalue weighted by Crippen LogP contribution is -2.33. The van der Waals surface area contributed by atoms with Gasteiger partial charge in [-0.2, -0.15) is 0 Å². The van der Waals surface area contributed by atoms with Crippen molar-refractivity contribution in [1.29, 1.82) is 0 Å². The van der Waals surface area contributed by atoms with Gasteiger partial charge in [-0.3, -0.25) is 0 Å². The minimum absolute atomic E-state index is 0.175. The Morgan fingerprint density at radius 3 is 2.68 bits per heavy atom. The fraction of sp³-hybridized carbons (Fsp3) is 0.556. The van der Waals surface area contributed by atoms with E-state index in [4.69, 9.17) is 9.47 Å². The summed E-state index contributed by atoms with van der Waals surface area (Å²) in [6, 6.07) is 6.26. The molecule has 2 unspecified atom stereocenters. The van der Waals surface area contributed by atoms with E-state index in [-0.39, 0.29) is 12.1 Å². The van der Waals surface area contributed by atoms with Crippen molar-refractivity contribution < 1.29 is 14.6 Å². The molecule has 4 nitrogen and oxygen atoms in total. The highest BCUT2D eigenvalue weighted by molar-refractivity contribution is 5.44. The predicted molar refractivity (Wildman–Crippen MR) is 88.5 cm³/mol. The molecule has 2 atom stereocenters. The highest BCUT2D eigenvalue weighted by atomic mass is 16.6. The number of aliphatic hydroxyl groups excluding tert-OH is 1. The van der Waals surface area contributed by atoms with Crippen LogP contribution in [0, 0.1) is 5.92 Å². The number of benzene rings is 1. The first-order valence-corrected chi connectivity index (χ1v) is 8.03. The van der Waals surface area contributed by atoms with Crippen LogP contribution in [0.2, 0.25) is 0 Å². The van der Waals surface area contributed by atoms with Gasteiger partial charge in [-0.15, -0.1) is 6.58 Å². The third-order valence-electron chi connectivity index (χ3n) is 3.87. The molecule has 0 bridgehead atoms. The van der Waals surface area contributed by atoms with Gasteiger partial charge in [-0.25, -0.2) is 0 Å². The molecule has 0 aromatic heterocycles. The first kappa shape index (κ1) is 16.8. The van der Waals surface area contributed by atoms with Crippen LogP contribution in [0.25, 0.3) is 0 Å². The molecular formula is C18H27NO3. The van der Waals surface area contributed by atoms with Gasteiger partial charge in [0.25, 0.3) is 0 Å². The lowest BCUT2D eigenvalue weighted by atomic mass is 9.95. The number of hydrogen-bond acceptors (Lipinski definition) is 4. The maximum atomic E-state index is 9.99. The second kappa shape index (κ2) is 8.20. The molecule has 1 aromatic carbocycles. The van der Waals surface area contributed by atoms with Gasteiger partial charge in [-0.05, 0) is 36.5 Å². The third kappa shape index (κ3) is 4.49. The normalized spacial score (nSPS) is 16.4. The Balaban J connectivity index is 2.02. The van der Waals surface area contributed by atoms with Crippen LogP contribution < -0.4 is 14.8 Å². The average molecular weight is 305 g/mol. The average Bonchev–Trinajstić information content (AvgIpc) is 2.52. The van der Waals surface area contributed by atoms with Crippen LogP contribution in [0.3, 0.4) is 0 Å². The quantitative estimate of drug-likeness (QED) is 0.725. The van der Waals surface area contributed by atoms with Gasteiger partial charge >= 0.3 is 0 Å². The van der Waals surface area contributed by atoms with Crippen molar-refractivity contribution in [2.24, 2.45) is 5.92 Å². The van der Waals surface area contributed by atoms with Crippen molar-refractivity contribution in [2.75, 3.05) is 19.8 Å². The van der Waals surface area contributed by atoms with Gasteiger partial charge in [0, 0.05) is 12.6 Å². The molecule has 22 heavy (non-hydrogen) atoms. The van der Waals surface area contributed by atoms with Crippen molar-refractivity contribution in [2.45, 2.75) is 38.8 Å². The van der Waals surface area contributed by atoms with Gasteiger partial charge < -0.3 is 19.9 Å². The number of fused-ring (bicyclic) bond motifs is 1. The molecule has 0 radical (unpaired) electrons. The monoisotopic (exact) mass is 305 g/mol. The van der Waals surface area contributed by atoms with E-state index in [0.29, 0.717) is 25.7 Å². The zero-order valence-corrected chi connectivity index (χ0v) is 13.5. The zero-order chi connectivity index (χ0) is 15.9. The number of aliphatic hydroxyl groups is 1. The summed E-state index contributed by atoms with van der Waals surface area (Å²) in [6.07, 6.45) is 3.06. The van der Waals surface area contributed by atoms with E-state index < -0.39 is 0 Å². The highest BCUT2D eigenvalue weighted by Crippen LogP contribution is 2.34. The van der Waals surface area contributed by atoms with Crippen LogP contribution in [0.15, 0.2) is 30.9 Å². The van der Waals surface area contributed by atoms with Crippen LogP contribution in [0.1, 0.15) is 38.3 Å². The fourth-order valence-corrected chi connectivity index (χ4v) is 2.67. The third-order valence-corrected chi connectivity index (χ3v) is 3.87. The van der Waals surface area contributed by atoms with Crippen LogP contribution >= 0.6 is 0 Å². The van der Waals surface area contributed by atoms with E-state index in [1.807, 2.05) is 18.2 Å². The molecule has 0 saturated heterocycles. The Hall–Kier alpha value is -1.52. The van der Waals surface area contributed by atoms with Crippen molar-refractivity contribution in [3.05, 3.63) is 36.4 Å². The van der Waals surface area contributed by atoms with E-state index in [1.54, 1.807) is 0 Å². The molecule has 0 fully saturated rings. The lowest BCUT2D eigenvalue weighted by Gasteiger charge is -2.26. The molecule has 1 heterocycles. The van der Waals surface area contributed by atoms with Crippen LogP contribution in [-0.4, -0.2) is 31.0 Å². The Bertz CT molecular complexity index is 487. The Kier molecular flexibility index (Phi) is 6.28. The second-order valence-corrected chi connectivity index (χ2v) is 6.05. The summed E-state index contributed by atoms with van der Waals surface area (Å²) in [6.45, 7) is 9.80. The van der Waals surface area contributed by atoms with Gasteiger partial charge in [-0.1, -0.05) is 26.0 Å². The molecule has 1 aliphatic heterocycles. The molecular weight excluding hydrogens is 278 g/mol. The number of nitrogens with one attached hydrogen (secondary N) is 1. The fourth-order valence-electron chi connectivity index (χ4n) is 2.67. The molecule has 0 amide bonds. The van der Waals surface area contributed by atoms with E-state index in [2.05, 4.69) is 31.8 Å². The highest BCUT2D eigenvalue weighted by Gasteiger charge is 2.20. The number of rotatable bonds is 8. The maximum absolute atomic E-state index is 9.99. The molecule has 0 aliphatic carbocycles. The summed E-state index contributed by atoms with van der Waals surface area (Å²) in [7, 11) is 0. The summed E-state index contributed by atoms with van der Waals surface area (Å²) in [5, 5.41) is 13.5. The van der Waals surface area contributed by atoms with Crippen molar-refractivity contribution in [1.82, 2.24) is 5.32 Å². The number of hydrogen-bond donors (Lipinski definition) is 2. The maximum Gasteiger partial charge on any atom is 0.161 e.